The number of nitrogens with zero attached hydrogens (tertiary/aromatic N) is 2. The van der Waals surface area contributed by atoms with Crippen LogP contribution in [0.1, 0.15) is 27.9 Å². The Bertz CT molecular complexity index is 917. The van der Waals surface area contributed by atoms with E-state index in [1.807, 2.05) is 32.0 Å². The highest BCUT2D eigenvalue weighted by Gasteiger charge is 2.23. The molecule has 5 nitrogen and oxygen atoms in total. The highest BCUT2D eigenvalue weighted by molar-refractivity contribution is 6.42. The van der Waals surface area contributed by atoms with E-state index in [0.717, 1.165) is 16.9 Å². The summed E-state index contributed by atoms with van der Waals surface area (Å²) in [5.41, 5.74) is 2.66. The molecule has 2 aromatic rings. The van der Waals surface area contributed by atoms with Crippen LogP contribution in [0.15, 0.2) is 36.4 Å². The molecule has 0 unspecified atom stereocenters. The monoisotopic (exact) mass is 434 g/mol. The van der Waals surface area contributed by atoms with Crippen LogP contribution >= 0.6 is 23.2 Å². The molecule has 0 aliphatic carbocycles. The summed E-state index contributed by atoms with van der Waals surface area (Å²) >= 11 is 12.0. The third-order valence-corrected chi connectivity index (χ3v) is 5.72. The number of carbonyl (C=O) groups is 2. The van der Waals surface area contributed by atoms with Crippen LogP contribution in [0.3, 0.4) is 0 Å². The average Bonchev–Trinajstić information content (AvgIpc) is 2.95. The summed E-state index contributed by atoms with van der Waals surface area (Å²) in [6.45, 7) is 6.09. The van der Waals surface area contributed by atoms with Crippen LogP contribution in [0.2, 0.25) is 10.0 Å². The fourth-order valence-corrected chi connectivity index (χ4v) is 3.67. The molecule has 1 aliphatic rings. The van der Waals surface area contributed by atoms with Crippen molar-refractivity contribution >= 4 is 35.0 Å². The SMILES string of the molecule is Cc1ccc(OCC(=O)N2CCCN(C(=O)c3ccc(Cl)c(Cl)c3)CC2)c(C)c1. The van der Waals surface area contributed by atoms with Crippen molar-refractivity contribution < 1.29 is 14.3 Å². The Kier molecular flexibility index (Phi) is 7.04. The van der Waals surface area contributed by atoms with Gasteiger partial charge in [-0.25, -0.2) is 0 Å². The molecule has 0 spiro atoms. The molecule has 1 fully saturated rings. The van der Waals surface area contributed by atoms with Crippen LogP contribution < -0.4 is 4.74 Å². The van der Waals surface area contributed by atoms with E-state index in [0.29, 0.717) is 48.2 Å². The molecule has 1 aliphatic heterocycles. The summed E-state index contributed by atoms with van der Waals surface area (Å²) in [5, 5.41) is 0.771. The lowest BCUT2D eigenvalue weighted by Gasteiger charge is -2.22. The van der Waals surface area contributed by atoms with Gasteiger partial charge in [0.05, 0.1) is 10.0 Å². The third-order valence-electron chi connectivity index (χ3n) is 4.98. The fourth-order valence-electron chi connectivity index (χ4n) is 3.37. The Labute approximate surface area is 181 Å². The maximum atomic E-state index is 12.8. The molecule has 3 rings (SSSR count). The highest BCUT2D eigenvalue weighted by atomic mass is 35.5. The van der Waals surface area contributed by atoms with Crippen molar-refractivity contribution in [3.8, 4) is 5.75 Å². The van der Waals surface area contributed by atoms with Crippen molar-refractivity contribution in [3.63, 3.8) is 0 Å². The lowest BCUT2D eigenvalue weighted by molar-refractivity contribution is -0.133. The molecule has 0 radical (unpaired) electrons. The molecule has 2 aromatic carbocycles. The molecule has 0 N–H and O–H groups in total. The number of ether oxygens (including phenoxy) is 1. The number of carbonyl (C=O) groups excluding carboxylic acids is 2. The highest BCUT2D eigenvalue weighted by Crippen LogP contribution is 2.23. The minimum absolute atomic E-state index is 0.00929. The van der Waals surface area contributed by atoms with Gasteiger partial charge >= 0.3 is 0 Å². The second-order valence-corrected chi connectivity index (χ2v) is 8.03. The van der Waals surface area contributed by atoms with Gasteiger partial charge in [-0.2, -0.15) is 0 Å². The number of hydrogen-bond acceptors (Lipinski definition) is 3. The summed E-state index contributed by atoms with van der Waals surface area (Å²) < 4.78 is 5.72. The summed E-state index contributed by atoms with van der Waals surface area (Å²) in [6, 6.07) is 10.7. The molecule has 0 aromatic heterocycles. The van der Waals surface area contributed by atoms with E-state index in [-0.39, 0.29) is 18.4 Å². The van der Waals surface area contributed by atoms with Crippen LogP contribution in [-0.4, -0.2) is 54.4 Å². The fraction of sp³-hybridized carbons (Fsp3) is 0.364. The zero-order chi connectivity index (χ0) is 21.0. The Morgan fingerprint density at radius 2 is 1.66 bits per heavy atom. The van der Waals surface area contributed by atoms with Crippen molar-refractivity contribution in [2.24, 2.45) is 0 Å². The maximum absolute atomic E-state index is 12.8. The largest absolute Gasteiger partial charge is 0.484 e. The zero-order valence-corrected chi connectivity index (χ0v) is 18.1. The third kappa shape index (κ3) is 5.43. The second kappa shape index (κ2) is 9.51. The van der Waals surface area contributed by atoms with Crippen LogP contribution in [0.25, 0.3) is 0 Å². The standard InChI is InChI=1S/C22H24Cl2N2O3/c1-15-4-7-20(16(2)12-15)29-14-21(27)25-8-3-9-26(11-10-25)22(28)17-5-6-18(23)19(24)13-17/h4-7,12-13H,3,8-11,14H2,1-2H3. The van der Waals surface area contributed by atoms with Crippen LogP contribution in [-0.2, 0) is 4.79 Å². The molecule has 154 valence electrons. The molecular formula is C22H24Cl2N2O3. The molecule has 29 heavy (non-hydrogen) atoms. The molecular weight excluding hydrogens is 411 g/mol. The van der Waals surface area contributed by atoms with E-state index in [4.69, 9.17) is 27.9 Å². The Morgan fingerprint density at radius 1 is 0.931 bits per heavy atom. The van der Waals surface area contributed by atoms with Crippen molar-refractivity contribution in [2.75, 3.05) is 32.8 Å². The predicted octanol–water partition coefficient (Wildman–Crippen LogP) is 4.36. The number of rotatable bonds is 4. The van der Waals surface area contributed by atoms with Crippen molar-refractivity contribution in [1.29, 1.82) is 0 Å². The molecule has 2 amide bonds. The minimum Gasteiger partial charge on any atom is -0.484 e. The van der Waals surface area contributed by atoms with Gasteiger partial charge in [-0.3, -0.25) is 9.59 Å². The van der Waals surface area contributed by atoms with E-state index in [1.165, 1.54) is 0 Å². The number of benzene rings is 2. The van der Waals surface area contributed by atoms with Crippen molar-refractivity contribution in [3.05, 3.63) is 63.1 Å². The number of halogens is 2. The lowest BCUT2D eigenvalue weighted by atomic mass is 10.1. The van der Waals surface area contributed by atoms with E-state index in [9.17, 15) is 9.59 Å². The first-order valence-electron chi connectivity index (χ1n) is 9.57. The molecule has 0 atom stereocenters. The van der Waals surface area contributed by atoms with Gasteiger partial charge in [-0.15, -0.1) is 0 Å². The number of aryl methyl sites for hydroxylation is 2. The van der Waals surface area contributed by atoms with E-state index < -0.39 is 0 Å². The van der Waals surface area contributed by atoms with Gasteiger partial charge in [0.25, 0.3) is 11.8 Å². The molecule has 7 heteroatoms. The van der Waals surface area contributed by atoms with Gasteiger partial charge in [0.2, 0.25) is 0 Å². The van der Waals surface area contributed by atoms with E-state index in [2.05, 4.69) is 0 Å². The van der Waals surface area contributed by atoms with Gasteiger partial charge in [0, 0.05) is 31.7 Å². The molecule has 0 saturated carbocycles. The summed E-state index contributed by atoms with van der Waals surface area (Å²) in [4.78, 5) is 28.9. The van der Waals surface area contributed by atoms with Crippen molar-refractivity contribution in [1.82, 2.24) is 9.80 Å². The first-order chi connectivity index (χ1) is 13.8. The first kappa shape index (κ1) is 21.5. The van der Waals surface area contributed by atoms with Gasteiger partial charge < -0.3 is 14.5 Å². The van der Waals surface area contributed by atoms with Gasteiger partial charge in [0.15, 0.2) is 6.61 Å². The van der Waals surface area contributed by atoms with Gasteiger partial charge in [0.1, 0.15) is 5.75 Å². The normalized spacial score (nSPS) is 14.5. The summed E-state index contributed by atoms with van der Waals surface area (Å²) in [7, 11) is 0. The predicted molar refractivity (Wildman–Crippen MR) is 115 cm³/mol. The maximum Gasteiger partial charge on any atom is 0.260 e. The van der Waals surface area contributed by atoms with Crippen LogP contribution in [0.5, 0.6) is 5.75 Å². The number of amides is 2. The summed E-state index contributed by atoms with van der Waals surface area (Å²) in [5.74, 6) is 0.536. The van der Waals surface area contributed by atoms with Gasteiger partial charge in [-0.1, -0.05) is 40.9 Å². The van der Waals surface area contributed by atoms with E-state index >= 15 is 0 Å². The Hall–Kier alpha value is -2.24. The average molecular weight is 435 g/mol. The Balaban J connectivity index is 1.56. The molecule has 1 heterocycles. The summed E-state index contributed by atoms with van der Waals surface area (Å²) in [6.07, 6.45) is 0.711. The second-order valence-electron chi connectivity index (χ2n) is 7.21. The van der Waals surface area contributed by atoms with Crippen molar-refractivity contribution in [2.45, 2.75) is 20.3 Å². The van der Waals surface area contributed by atoms with Crippen LogP contribution in [0, 0.1) is 13.8 Å². The Morgan fingerprint density at radius 3 is 2.38 bits per heavy atom. The number of hydrogen-bond donors (Lipinski definition) is 0. The quantitative estimate of drug-likeness (QED) is 0.717. The topological polar surface area (TPSA) is 49.9 Å². The smallest absolute Gasteiger partial charge is 0.260 e. The van der Waals surface area contributed by atoms with E-state index in [1.54, 1.807) is 28.0 Å². The molecule has 0 bridgehead atoms. The van der Waals surface area contributed by atoms with Crippen LogP contribution in [0.4, 0.5) is 0 Å². The molecule has 1 saturated heterocycles. The first-order valence-corrected chi connectivity index (χ1v) is 10.3. The zero-order valence-electron chi connectivity index (χ0n) is 16.6. The van der Waals surface area contributed by atoms with Gasteiger partial charge in [-0.05, 0) is 50.1 Å². The minimum atomic E-state index is -0.107. The lowest BCUT2D eigenvalue weighted by Crippen LogP contribution is -2.39.